The molecule has 20 heavy (non-hydrogen) atoms. The molecule has 1 amide bonds. The Kier molecular flexibility index (Phi) is 4.07. The number of carboxylic acid groups (broad SMARTS) is 1. The van der Waals surface area contributed by atoms with E-state index in [1.807, 2.05) is 0 Å². The molecular formula is C10H5Cl2N3O4S. The van der Waals surface area contributed by atoms with Crippen molar-refractivity contribution in [1.29, 1.82) is 0 Å². The number of carboxylic acids is 1. The Morgan fingerprint density at radius 2 is 2.00 bits per heavy atom. The van der Waals surface area contributed by atoms with Crippen LogP contribution in [0.4, 0.5) is 4.79 Å². The van der Waals surface area contributed by atoms with Crippen molar-refractivity contribution < 1.29 is 19.4 Å². The van der Waals surface area contributed by atoms with Gasteiger partial charge in [-0.15, -0.1) is 4.37 Å². The lowest BCUT2D eigenvalue weighted by molar-refractivity contribution is 0.0697. The molecule has 0 saturated heterocycles. The largest absolute Gasteiger partial charge is 0.478 e. The lowest BCUT2D eigenvalue weighted by atomic mass is 10.1. The highest BCUT2D eigenvalue weighted by Crippen LogP contribution is 2.40. The van der Waals surface area contributed by atoms with Gasteiger partial charge < -0.3 is 15.6 Å². The van der Waals surface area contributed by atoms with E-state index in [2.05, 4.69) is 13.5 Å². The molecule has 0 aliphatic rings. The third kappa shape index (κ3) is 2.67. The van der Waals surface area contributed by atoms with Gasteiger partial charge in [0.05, 0.1) is 27.3 Å². The zero-order valence-electron chi connectivity index (χ0n) is 9.46. The third-order valence-electron chi connectivity index (χ3n) is 2.21. The van der Waals surface area contributed by atoms with Gasteiger partial charge in [-0.1, -0.05) is 23.2 Å². The Balaban J connectivity index is 2.64. The summed E-state index contributed by atoms with van der Waals surface area (Å²) in [4.78, 5) is 21.8. The van der Waals surface area contributed by atoms with Crippen molar-refractivity contribution in [3.63, 3.8) is 0 Å². The number of rotatable bonds is 3. The van der Waals surface area contributed by atoms with Gasteiger partial charge in [0.25, 0.3) is 5.88 Å². The SMILES string of the molecule is NC(=O)Oc1nsnc1-c1c(Cl)ccc(C(=O)O)c1Cl. The Morgan fingerprint density at radius 3 is 2.60 bits per heavy atom. The predicted octanol–water partition coefficient (Wildman–Crippen LogP) is 2.67. The number of amides is 1. The summed E-state index contributed by atoms with van der Waals surface area (Å²) in [7, 11) is 0. The summed E-state index contributed by atoms with van der Waals surface area (Å²) in [6.45, 7) is 0. The van der Waals surface area contributed by atoms with Crippen LogP contribution in [0.3, 0.4) is 0 Å². The Bertz CT molecular complexity index is 704. The molecule has 2 aromatic rings. The summed E-state index contributed by atoms with van der Waals surface area (Å²) in [5.41, 5.74) is 4.90. The van der Waals surface area contributed by atoms with Gasteiger partial charge in [-0.2, -0.15) is 4.37 Å². The van der Waals surface area contributed by atoms with Crippen molar-refractivity contribution in [1.82, 2.24) is 8.75 Å². The molecule has 3 N–H and O–H groups in total. The van der Waals surface area contributed by atoms with E-state index in [9.17, 15) is 9.59 Å². The topological polar surface area (TPSA) is 115 Å². The van der Waals surface area contributed by atoms with Crippen LogP contribution < -0.4 is 10.5 Å². The minimum Gasteiger partial charge on any atom is -0.478 e. The summed E-state index contributed by atoms with van der Waals surface area (Å²) in [6.07, 6.45) is -1.08. The number of hydrogen-bond donors (Lipinski definition) is 2. The number of hydrogen-bond acceptors (Lipinski definition) is 6. The van der Waals surface area contributed by atoms with Gasteiger partial charge in [-0.25, -0.2) is 9.59 Å². The third-order valence-corrected chi connectivity index (χ3v) is 3.43. The van der Waals surface area contributed by atoms with Crippen molar-refractivity contribution in [2.45, 2.75) is 0 Å². The standard InChI is InChI=1S/C10H5Cl2N3O4S/c11-4-2-1-3(9(16)17)6(12)5(4)7-8(15-20-14-7)19-10(13)18/h1-2H,(H2,13,18)(H,16,17). The number of aromatic carboxylic acids is 1. The number of nitrogens with zero attached hydrogens (tertiary/aromatic N) is 2. The van der Waals surface area contributed by atoms with Crippen LogP contribution in [-0.4, -0.2) is 25.9 Å². The maximum Gasteiger partial charge on any atom is 0.411 e. The molecule has 0 fully saturated rings. The van der Waals surface area contributed by atoms with Crippen LogP contribution in [-0.2, 0) is 0 Å². The molecule has 1 aromatic heterocycles. The number of primary amides is 1. The monoisotopic (exact) mass is 333 g/mol. The first-order valence-corrected chi connectivity index (χ1v) is 6.42. The summed E-state index contributed by atoms with van der Waals surface area (Å²) in [5, 5.41) is 9.04. The number of carbonyl (C=O) groups excluding carboxylic acids is 1. The van der Waals surface area contributed by atoms with E-state index in [0.29, 0.717) is 0 Å². The predicted molar refractivity (Wildman–Crippen MR) is 72.5 cm³/mol. The van der Waals surface area contributed by atoms with Crippen LogP contribution in [0.1, 0.15) is 10.4 Å². The number of halogens is 2. The first-order valence-electron chi connectivity index (χ1n) is 4.93. The molecule has 0 bridgehead atoms. The first kappa shape index (κ1) is 14.5. The van der Waals surface area contributed by atoms with Crippen molar-refractivity contribution in [3.8, 4) is 17.1 Å². The summed E-state index contributed by atoms with van der Waals surface area (Å²) < 4.78 is 12.3. The zero-order valence-corrected chi connectivity index (χ0v) is 11.8. The van der Waals surface area contributed by atoms with Crippen LogP contribution in [0.2, 0.25) is 10.0 Å². The zero-order chi connectivity index (χ0) is 14.9. The first-order chi connectivity index (χ1) is 9.41. The molecule has 1 heterocycles. The molecule has 1 aromatic carbocycles. The van der Waals surface area contributed by atoms with Crippen LogP contribution in [0, 0.1) is 0 Å². The second-order valence-corrected chi connectivity index (χ2v) is 4.74. The maximum atomic E-state index is 11.1. The van der Waals surface area contributed by atoms with Gasteiger partial charge in [0.1, 0.15) is 0 Å². The highest BCUT2D eigenvalue weighted by molar-refractivity contribution is 6.99. The minimum absolute atomic E-state index is 0.0481. The van der Waals surface area contributed by atoms with Crippen LogP contribution in [0.25, 0.3) is 11.3 Å². The highest BCUT2D eigenvalue weighted by atomic mass is 35.5. The van der Waals surface area contributed by atoms with Crippen LogP contribution in [0.5, 0.6) is 5.88 Å². The van der Waals surface area contributed by atoms with Crippen molar-refractivity contribution in [2.75, 3.05) is 0 Å². The average Bonchev–Trinajstić information content (AvgIpc) is 2.76. The smallest absolute Gasteiger partial charge is 0.411 e. The molecular weight excluding hydrogens is 329 g/mol. The summed E-state index contributed by atoms with van der Waals surface area (Å²) in [6, 6.07) is 2.60. The van der Waals surface area contributed by atoms with E-state index >= 15 is 0 Å². The summed E-state index contributed by atoms with van der Waals surface area (Å²) in [5.74, 6) is -1.41. The van der Waals surface area contributed by atoms with Gasteiger partial charge in [0.15, 0.2) is 5.69 Å². The van der Waals surface area contributed by atoms with E-state index in [1.165, 1.54) is 12.1 Å². The molecule has 2 rings (SSSR count). The van der Waals surface area contributed by atoms with E-state index in [0.717, 1.165) is 11.7 Å². The fourth-order valence-electron chi connectivity index (χ4n) is 1.43. The van der Waals surface area contributed by atoms with E-state index < -0.39 is 12.1 Å². The molecule has 0 radical (unpaired) electrons. The Morgan fingerprint density at radius 1 is 1.30 bits per heavy atom. The van der Waals surface area contributed by atoms with E-state index in [-0.39, 0.29) is 32.7 Å². The quantitative estimate of drug-likeness (QED) is 0.891. The van der Waals surface area contributed by atoms with Gasteiger partial charge in [-0.05, 0) is 12.1 Å². The number of nitrogens with two attached hydrogens (primary N) is 1. The molecule has 0 unspecified atom stereocenters. The van der Waals surface area contributed by atoms with Crippen molar-refractivity contribution in [3.05, 3.63) is 27.7 Å². The van der Waals surface area contributed by atoms with Gasteiger partial charge in [0.2, 0.25) is 0 Å². The van der Waals surface area contributed by atoms with Crippen molar-refractivity contribution in [2.24, 2.45) is 5.73 Å². The van der Waals surface area contributed by atoms with Crippen LogP contribution >= 0.6 is 34.9 Å². The van der Waals surface area contributed by atoms with Gasteiger partial charge in [0, 0.05) is 5.56 Å². The number of benzene rings is 1. The van der Waals surface area contributed by atoms with E-state index in [1.54, 1.807) is 0 Å². The molecule has 104 valence electrons. The Labute approximate surface area is 126 Å². The molecule has 7 nitrogen and oxygen atoms in total. The lowest BCUT2D eigenvalue weighted by Crippen LogP contribution is -2.16. The molecule has 0 aliphatic heterocycles. The molecule has 10 heteroatoms. The second-order valence-electron chi connectivity index (χ2n) is 3.43. The van der Waals surface area contributed by atoms with Gasteiger partial charge >= 0.3 is 12.1 Å². The fourth-order valence-corrected chi connectivity index (χ4v) is 2.55. The summed E-state index contributed by atoms with van der Waals surface area (Å²) >= 11 is 12.7. The minimum atomic E-state index is -1.23. The van der Waals surface area contributed by atoms with Crippen LogP contribution in [0.15, 0.2) is 12.1 Å². The maximum absolute atomic E-state index is 11.1. The second kappa shape index (κ2) is 5.61. The Hall–Kier alpha value is -1.90. The van der Waals surface area contributed by atoms with Crippen molar-refractivity contribution >= 4 is 47.0 Å². The van der Waals surface area contributed by atoms with E-state index in [4.69, 9.17) is 34.0 Å². The average molecular weight is 334 g/mol. The highest BCUT2D eigenvalue weighted by Gasteiger charge is 2.23. The normalized spacial score (nSPS) is 10.3. The number of carbonyl (C=O) groups is 2. The number of ether oxygens (including phenoxy) is 1. The molecule has 0 aliphatic carbocycles. The molecule has 0 saturated carbocycles. The lowest BCUT2D eigenvalue weighted by Gasteiger charge is -2.08. The van der Waals surface area contributed by atoms with Gasteiger partial charge in [-0.3, -0.25) is 0 Å². The fraction of sp³-hybridized carbons (Fsp3) is 0. The number of aromatic nitrogens is 2. The molecule has 0 atom stereocenters. The molecule has 0 spiro atoms.